The summed E-state index contributed by atoms with van der Waals surface area (Å²) in [6, 6.07) is 9.54. The Morgan fingerprint density at radius 2 is 1.89 bits per heavy atom. The zero-order valence-corrected chi connectivity index (χ0v) is 11.9. The zero-order chi connectivity index (χ0) is 13.7. The Kier molecular flexibility index (Phi) is 4.59. The van der Waals surface area contributed by atoms with Gasteiger partial charge in [-0.1, -0.05) is 25.1 Å². The van der Waals surface area contributed by atoms with Gasteiger partial charge in [-0.05, 0) is 36.8 Å². The van der Waals surface area contributed by atoms with Crippen LogP contribution in [0, 0.1) is 5.41 Å². The van der Waals surface area contributed by atoms with Crippen LogP contribution in [0.3, 0.4) is 0 Å². The Hall–Kier alpha value is -1.35. The monoisotopic (exact) mass is 261 g/mol. The number of carbonyl (C=O) groups excluding carboxylic acids is 1. The summed E-state index contributed by atoms with van der Waals surface area (Å²) in [5.41, 5.74) is 1.06. The fraction of sp³-hybridized carbons (Fsp3) is 0.562. The van der Waals surface area contributed by atoms with Crippen LogP contribution in [-0.4, -0.2) is 37.6 Å². The maximum atomic E-state index is 12.4. The Labute approximate surface area is 115 Å². The molecule has 1 aliphatic heterocycles. The third-order valence-electron chi connectivity index (χ3n) is 4.33. The van der Waals surface area contributed by atoms with Crippen LogP contribution in [0.5, 0.6) is 0 Å². The van der Waals surface area contributed by atoms with Crippen molar-refractivity contribution in [3.63, 3.8) is 0 Å². The highest BCUT2D eigenvalue weighted by atomic mass is 16.5. The van der Waals surface area contributed by atoms with Crippen LogP contribution in [0.15, 0.2) is 30.3 Å². The van der Waals surface area contributed by atoms with Crippen molar-refractivity contribution >= 4 is 5.91 Å². The number of hydrogen-bond acceptors (Lipinski definition) is 2. The summed E-state index contributed by atoms with van der Waals surface area (Å²) in [5.74, 6) is 0.155. The molecule has 0 atom stereocenters. The van der Waals surface area contributed by atoms with Crippen LogP contribution in [0.2, 0.25) is 0 Å². The topological polar surface area (TPSA) is 29.5 Å². The van der Waals surface area contributed by atoms with Crippen molar-refractivity contribution in [2.45, 2.75) is 26.2 Å². The number of likely N-dealkylation sites (tertiary alicyclic amines) is 1. The minimum atomic E-state index is 0.155. The predicted molar refractivity (Wildman–Crippen MR) is 76.2 cm³/mol. The summed E-state index contributed by atoms with van der Waals surface area (Å²) in [6.07, 6.45) is 3.19. The van der Waals surface area contributed by atoms with Crippen molar-refractivity contribution in [1.82, 2.24) is 4.90 Å². The number of piperidine rings is 1. The van der Waals surface area contributed by atoms with Gasteiger partial charge >= 0.3 is 0 Å². The molecule has 0 bridgehead atoms. The zero-order valence-electron chi connectivity index (χ0n) is 11.9. The van der Waals surface area contributed by atoms with E-state index in [9.17, 15) is 4.79 Å². The first-order valence-corrected chi connectivity index (χ1v) is 7.04. The van der Waals surface area contributed by atoms with Crippen molar-refractivity contribution in [2.24, 2.45) is 5.41 Å². The smallest absolute Gasteiger partial charge is 0.253 e. The number of methoxy groups -OCH3 is 1. The van der Waals surface area contributed by atoms with Crippen molar-refractivity contribution < 1.29 is 9.53 Å². The highest BCUT2D eigenvalue weighted by Gasteiger charge is 2.34. The molecule has 2 rings (SSSR count). The third-order valence-corrected chi connectivity index (χ3v) is 4.33. The summed E-state index contributed by atoms with van der Waals surface area (Å²) in [6.45, 7) is 4.69. The van der Waals surface area contributed by atoms with Crippen LogP contribution in [0.25, 0.3) is 0 Å². The first kappa shape index (κ1) is 14.1. The van der Waals surface area contributed by atoms with Crippen LogP contribution in [0.1, 0.15) is 36.5 Å². The first-order valence-electron chi connectivity index (χ1n) is 7.04. The van der Waals surface area contributed by atoms with E-state index >= 15 is 0 Å². The number of carbonyl (C=O) groups is 1. The van der Waals surface area contributed by atoms with E-state index in [1.165, 1.54) is 0 Å². The SMILES string of the molecule is CCC1(COC)CCN(C(=O)c2ccccc2)CC1. The lowest BCUT2D eigenvalue weighted by Gasteiger charge is -2.41. The number of rotatable bonds is 4. The molecule has 104 valence electrons. The first-order chi connectivity index (χ1) is 9.21. The van der Waals surface area contributed by atoms with E-state index in [1.54, 1.807) is 7.11 Å². The predicted octanol–water partition coefficient (Wildman–Crippen LogP) is 2.97. The maximum absolute atomic E-state index is 12.4. The van der Waals surface area contributed by atoms with Gasteiger partial charge in [0.25, 0.3) is 5.91 Å². The normalized spacial score (nSPS) is 18.3. The summed E-state index contributed by atoms with van der Waals surface area (Å²) in [4.78, 5) is 14.3. The molecule has 1 heterocycles. The van der Waals surface area contributed by atoms with Crippen molar-refractivity contribution in [3.05, 3.63) is 35.9 Å². The molecule has 1 saturated heterocycles. The number of hydrogen-bond donors (Lipinski definition) is 0. The molecule has 0 radical (unpaired) electrons. The molecular formula is C16H23NO2. The average Bonchev–Trinajstić information content (AvgIpc) is 2.48. The lowest BCUT2D eigenvalue weighted by Crippen LogP contribution is -2.44. The van der Waals surface area contributed by atoms with Gasteiger partial charge in [-0.3, -0.25) is 4.79 Å². The van der Waals surface area contributed by atoms with Crippen LogP contribution >= 0.6 is 0 Å². The van der Waals surface area contributed by atoms with E-state index in [0.717, 1.165) is 44.5 Å². The molecule has 0 spiro atoms. The molecule has 1 amide bonds. The number of ether oxygens (including phenoxy) is 1. The van der Waals surface area contributed by atoms with Gasteiger partial charge in [0.05, 0.1) is 6.61 Å². The molecule has 0 aromatic heterocycles. The molecule has 1 aromatic rings. The van der Waals surface area contributed by atoms with Gasteiger partial charge in [0.2, 0.25) is 0 Å². The van der Waals surface area contributed by atoms with Gasteiger partial charge in [-0.25, -0.2) is 0 Å². The summed E-state index contributed by atoms with van der Waals surface area (Å²) >= 11 is 0. The molecule has 1 aliphatic rings. The van der Waals surface area contributed by atoms with Crippen LogP contribution < -0.4 is 0 Å². The fourth-order valence-electron chi connectivity index (χ4n) is 2.85. The Morgan fingerprint density at radius 1 is 1.26 bits per heavy atom. The minimum Gasteiger partial charge on any atom is -0.384 e. The molecule has 1 aromatic carbocycles. The quantitative estimate of drug-likeness (QED) is 0.834. The Bertz CT molecular complexity index is 408. The van der Waals surface area contributed by atoms with E-state index in [4.69, 9.17) is 4.74 Å². The fourth-order valence-corrected chi connectivity index (χ4v) is 2.85. The summed E-state index contributed by atoms with van der Waals surface area (Å²) in [7, 11) is 1.76. The van der Waals surface area contributed by atoms with E-state index in [-0.39, 0.29) is 11.3 Å². The number of amides is 1. The average molecular weight is 261 g/mol. The van der Waals surface area contributed by atoms with E-state index in [0.29, 0.717) is 0 Å². The van der Waals surface area contributed by atoms with Crippen molar-refractivity contribution in [1.29, 1.82) is 0 Å². The van der Waals surface area contributed by atoms with Crippen LogP contribution in [0.4, 0.5) is 0 Å². The maximum Gasteiger partial charge on any atom is 0.253 e. The van der Waals surface area contributed by atoms with E-state index in [2.05, 4.69) is 6.92 Å². The van der Waals surface area contributed by atoms with Gasteiger partial charge in [0.1, 0.15) is 0 Å². The highest BCUT2D eigenvalue weighted by molar-refractivity contribution is 5.94. The second-order valence-corrected chi connectivity index (χ2v) is 5.44. The lowest BCUT2D eigenvalue weighted by atomic mass is 9.77. The highest BCUT2D eigenvalue weighted by Crippen LogP contribution is 2.35. The molecule has 0 unspecified atom stereocenters. The van der Waals surface area contributed by atoms with Gasteiger partial charge in [0, 0.05) is 25.8 Å². The largest absolute Gasteiger partial charge is 0.384 e. The molecule has 3 heteroatoms. The minimum absolute atomic E-state index is 0.155. The third kappa shape index (κ3) is 3.16. The van der Waals surface area contributed by atoms with E-state index < -0.39 is 0 Å². The summed E-state index contributed by atoms with van der Waals surface area (Å²) < 4.78 is 5.35. The van der Waals surface area contributed by atoms with E-state index in [1.807, 2.05) is 35.2 Å². The summed E-state index contributed by atoms with van der Waals surface area (Å²) in [5, 5.41) is 0. The second kappa shape index (κ2) is 6.20. The van der Waals surface area contributed by atoms with Crippen LogP contribution in [-0.2, 0) is 4.74 Å². The molecule has 0 saturated carbocycles. The molecule has 1 fully saturated rings. The molecule has 19 heavy (non-hydrogen) atoms. The van der Waals surface area contributed by atoms with Gasteiger partial charge in [0.15, 0.2) is 0 Å². The molecule has 3 nitrogen and oxygen atoms in total. The Balaban J connectivity index is 1.98. The van der Waals surface area contributed by atoms with Gasteiger partial charge < -0.3 is 9.64 Å². The Morgan fingerprint density at radius 3 is 2.42 bits per heavy atom. The molecule has 0 N–H and O–H groups in total. The number of benzene rings is 1. The molecular weight excluding hydrogens is 238 g/mol. The molecule has 0 aliphatic carbocycles. The van der Waals surface area contributed by atoms with Gasteiger partial charge in [-0.15, -0.1) is 0 Å². The lowest BCUT2D eigenvalue weighted by molar-refractivity contribution is 0.0180. The standard InChI is InChI=1S/C16H23NO2/c1-3-16(13-19-2)9-11-17(12-10-16)15(18)14-7-5-4-6-8-14/h4-8H,3,9-13H2,1-2H3. The van der Waals surface area contributed by atoms with Gasteiger partial charge in [-0.2, -0.15) is 0 Å². The van der Waals surface area contributed by atoms with Crippen molar-refractivity contribution in [2.75, 3.05) is 26.8 Å². The second-order valence-electron chi connectivity index (χ2n) is 5.44. The van der Waals surface area contributed by atoms with Crippen molar-refractivity contribution in [3.8, 4) is 0 Å². The number of nitrogens with zero attached hydrogens (tertiary/aromatic N) is 1.